The summed E-state index contributed by atoms with van der Waals surface area (Å²) in [6.45, 7) is 4.28. The van der Waals surface area contributed by atoms with Gasteiger partial charge in [0.05, 0.1) is 22.2 Å². The molecular weight excluding hydrogens is 544 g/mol. The van der Waals surface area contributed by atoms with Crippen molar-refractivity contribution in [1.29, 1.82) is 0 Å². The SMILES string of the molecule is Cc1cccc(C)c1-n1ccnc1-n1c2ccccc2c2ccc(Oc3ccc4c5ccccc5n5cnnc5c4c3)cc21. The molecule has 0 radical (unpaired) electrons. The zero-order valence-electron chi connectivity index (χ0n) is 24.1. The van der Waals surface area contributed by atoms with Gasteiger partial charge in [-0.15, -0.1) is 10.2 Å². The molecule has 0 unspecified atom stereocenters. The van der Waals surface area contributed by atoms with Crippen LogP contribution in [0.5, 0.6) is 11.5 Å². The van der Waals surface area contributed by atoms with Crippen LogP contribution in [0.25, 0.3) is 60.8 Å². The van der Waals surface area contributed by atoms with Crippen LogP contribution >= 0.6 is 0 Å². The van der Waals surface area contributed by atoms with E-state index in [4.69, 9.17) is 9.72 Å². The predicted octanol–water partition coefficient (Wildman–Crippen LogP) is 8.73. The molecule has 0 atom stereocenters. The number of rotatable bonds is 4. The largest absolute Gasteiger partial charge is 0.457 e. The first-order valence-electron chi connectivity index (χ1n) is 14.6. The lowest BCUT2D eigenvalue weighted by Gasteiger charge is -2.16. The molecule has 0 spiro atoms. The first-order valence-corrected chi connectivity index (χ1v) is 14.6. The lowest BCUT2D eigenvalue weighted by Crippen LogP contribution is -2.07. The van der Waals surface area contributed by atoms with E-state index in [0.29, 0.717) is 0 Å². The Labute approximate surface area is 252 Å². The van der Waals surface area contributed by atoms with Gasteiger partial charge >= 0.3 is 0 Å². The highest BCUT2D eigenvalue weighted by Crippen LogP contribution is 2.37. The second-order valence-electron chi connectivity index (χ2n) is 11.2. The molecule has 9 aromatic rings. The summed E-state index contributed by atoms with van der Waals surface area (Å²) in [5.41, 5.74) is 7.52. The van der Waals surface area contributed by atoms with Crippen LogP contribution < -0.4 is 4.74 Å². The first-order chi connectivity index (χ1) is 21.7. The van der Waals surface area contributed by atoms with Gasteiger partial charge in [-0.3, -0.25) is 13.5 Å². The van der Waals surface area contributed by atoms with Crippen molar-refractivity contribution in [1.82, 2.24) is 28.7 Å². The molecule has 4 aromatic heterocycles. The van der Waals surface area contributed by atoms with E-state index in [1.54, 1.807) is 6.33 Å². The molecule has 9 rings (SSSR count). The third-order valence-corrected chi connectivity index (χ3v) is 8.62. The first kappa shape index (κ1) is 24.6. The average Bonchev–Trinajstić information content (AvgIpc) is 3.79. The van der Waals surface area contributed by atoms with Crippen molar-refractivity contribution in [3.63, 3.8) is 0 Å². The normalized spacial score (nSPS) is 11.9. The number of para-hydroxylation sites is 3. The van der Waals surface area contributed by atoms with Crippen LogP contribution in [0.3, 0.4) is 0 Å². The molecule has 0 N–H and O–H groups in total. The van der Waals surface area contributed by atoms with E-state index >= 15 is 0 Å². The Morgan fingerprint density at radius 1 is 0.614 bits per heavy atom. The van der Waals surface area contributed by atoms with Gasteiger partial charge in [0.1, 0.15) is 17.8 Å². The Hall–Kier alpha value is -5.95. The molecule has 0 amide bonds. The van der Waals surface area contributed by atoms with Crippen LogP contribution in [-0.4, -0.2) is 28.7 Å². The van der Waals surface area contributed by atoms with Crippen molar-refractivity contribution in [3.05, 3.63) is 133 Å². The fourth-order valence-electron chi connectivity index (χ4n) is 6.70. The number of benzene rings is 5. The summed E-state index contributed by atoms with van der Waals surface area (Å²) >= 11 is 0. The van der Waals surface area contributed by atoms with Gasteiger partial charge < -0.3 is 4.74 Å². The zero-order valence-corrected chi connectivity index (χ0v) is 24.1. The Balaban J connectivity index is 1.22. The molecule has 7 nitrogen and oxygen atoms in total. The summed E-state index contributed by atoms with van der Waals surface area (Å²) in [6, 6.07) is 35.6. The summed E-state index contributed by atoms with van der Waals surface area (Å²) in [6.07, 6.45) is 5.67. The van der Waals surface area contributed by atoms with E-state index in [2.05, 4.69) is 118 Å². The van der Waals surface area contributed by atoms with Crippen LogP contribution in [0, 0.1) is 13.8 Å². The quantitative estimate of drug-likeness (QED) is 0.199. The molecule has 0 bridgehead atoms. The summed E-state index contributed by atoms with van der Waals surface area (Å²) < 4.78 is 13.0. The van der Waals surface area contributed by atoms with Gasteiger partial charge in [-0.1, -0.05) is 54.6 Å². The minimum Gasteiger partial charge on any atom is -0.457 e. The number of nitrogens with zero attached hydrogens (tertiary/aromatic N) is 6. The summed E-state index contributed by atoms with van der Waals surface area (Å²) in [5, 5.41) is 14.2. The van der Waals surface area contributed by atoms with E-state index < -0.39 is 0 Å². The van der Waals surface area contributed by atoms with Crippen molar-refractivity contribution in [2.24, 2.45) is 0 Å². The zero-order chi connectivity index (χ0) is 29.4. The molecule has 0 saturated carbocycles. The van der Waals surface area contributed by atoms with Crippen LogP contribution in [0.15, 0.2) is 122 Å². The Morgan fingerprint density at radius 3 is 2.11 bits per heavy atom. The maximum Gasteiger partial charge on any atom is 0.219 e. The highest BCUT2D eigenvalue weighted by molar-refractivity contribution is 6.12. The average molecular weight is 571 g/mol. The van der Waals surface area contributed by atoms with Crippen molar-refractivity contribution in [3.8, 4) is 23.1 Å². The van der Waals surface area contributed by atoms with E-state index in [1.165, 1.54) is 11.1 Å². The highest BCUT2D eigenvalue weighted by Gasteiger charge is 2.19. The van der Waals surface area contributed by atoms with E-state index in [0.717, 1.165) is 72.3 Å². The van der Waals surface area contributed by atoms with E-state index in [9.17, 15) is 0 Å². The molecule has 0 aliphatic carbocycles. The molecule has 7 heteroatoms. The monoisotopic (exact) mass is 570 g/mol. The number of fused-ring (bicyclic) bond motifs is 9. The second kappa shape index (κ2) is 9.28. The van der Waals surface area contributed by atoms with Gasteiger partial charge in [-0.05, 0) is 72.8 Å². The second-order valence-corrected chi connectivity index (χ2v) is 11.2. The Morgan fingerprint density at radius 2 is 1.30 bits per heavy atom. The van der Waals surface area contributed by atoms with Crippen molar-refractivity contribution >= 4 is 49.1 Å². The van der Waals surface area contributed by atoms with Gasteiger partial charge in [0.2, 0.25) is 5.95 Å². The minimum absolute atomic E-state index is 0.733. The van der Waals surface area contributed by atoms with Crippen molar-refractivity contribution in [2.75, 3.05) is 0 Å². The van der Waals surface area contributed by atoms with Crippen LogP contribution in [-0.2, 0) is 0 Å². The van der Waals surface area contributed by atoms with Gasteiger partial charge in [0, 0.05) is 40.0 Å². The summed E-state index contributed by atoms with van der Waals surface area (Å²) in [5.74, 6) is 2.30. The Bertz CT molecular complexity index is 2550. The number of ether oxygens (including phenoxy) is 1. The third-order valence-electron chi connectivity index (χ3n) is 8.62. The topological polar surface area (TPSA) is 62.2 Å². The molecule has 5 aromatic carbocycles. The molecule has 44 heavy (non-hydrogen) atoms. The smallest absolute Gasteiger partial charge is 0.219 e. The van der Waals surface area contributed by atoms with Crippen LogP contribution in [0.1, 0.15) is 11.1 Å². The number of aryl methyl sites for hydroxylation is 2. The number of hydrogen-bond acceptors (Lipinski definition) is 4. The number of pyridine rings is 1. The number of hydrogen-bond donors (Lipinski definition) is 0. The van der Waals surface area contributed by atoms with Crippen LogP contribution in [0.4, 0.5) is 0 Å². The minimum atomic E-state index is 0.733. The highest BCUT2D eigenvalue weighted by atomic mass is 16.5. The summed E-state index contributed by atoms with van der Waals surface area (Å²) in [4.78, 5) is 4.88. The lowest BCUT2D eigenvalue weighted by atomic mass is 10.1. The molecular formula is C37H26N6O. The standard InChI is InChI=1S/C37H26N6O/c1-23-8-7-9-24(2)35(23)41-19-18-38-37(41)43-33-13-6-4-11-29(33)30-17-15-26(21-34(30)43)44-25-14-16-27-28-10-3-5-12-32(28)42-22-39-40-36(42)31(27)20-25/h3-22H,1-2H3. The van der Waals surface area contributed by atoms with Gasteiger partial charge in [-0.25, -0.2) is 4.98 Å². The lowest BCUT2D eigenvalue weighted by molar-refractivity contribution is 0.484. The van der Waals surface area contributed by atoms with E-state index in [1.807, 2.05) is 35.0 Å². The Kier molecular flexibility index (Phi) is 5.19. The molecule has 0 fully saturated rings. The van der Waals surface area contributed by atoms with Crippen LogP contribution in [0.2, 0.25) is 0 Å². The fraction of sp³-hybridized carbons (Fsp3) is 0.0541. The predicted molar refractivity (Wildman–Crippen MR) is 175 cm³/mol. The number of imidazole rings is 1. The van der Waals surface area contributed by atoms with Gasteiger partial charge in [0.25, 0.3) is 0 Å². The molecule has 0 saturated heterocycles. The fourth-order valence-corrected chi connectivity index (χ4v) is 6.70. The molecule has 210 valence electrons. The molecule has 0 aliphatic rings. The number of aromatic nitrogens is 6. The molecule has 4 heterocycles. The maximum absolute atomic E-state index is 6.56. The van der Waals surface area contributed by atoms with Gasteiger partial charge in [0.15, 0.2) is 5.65 Å². The summed E-state index contributed by atoms with van der Waals surface area (Å²) in [7, 11) is 0. The van der Waals surface area contributed by atoms with Crippen molar-refractivity contribution < 1.29 is 4.74 Å². The molecule has 0 aliphatic heterocycles. The van der Waals surface area contributed by atoms with E-state index in [-0.39, 0.29) is 0 Å². The maximum atomic E-state index is 6.56. The van der Waals surface area contributed by atoms with Gasteiger partial charge in [-0.2, -0.15) is 0 Å². The third kappa shape index (κ3) is 3.53. The van der Waals surface area contributed by atoms with Crippen molar-refractivity contribution in [2.45, 2.75) is 13.8 Å².